The van der Waals surface area contributed by atoms with Crippen LogP contribution in [-0.4, -0.2) is 38.6 Å². The number of hydrogen-bond donors (Lipinski definition) is 1. The molecule has 2 rings (SSSR count). The van der Waals surface area contributed by atoms with Crippen LogP contribution in [0.2, 0.25) is 0 Å². The van der Waals surface area contributed by atoms with Gasteiger partial charge in [-0.3, -0.25) is 4.79 Å². The Labute approximate surface area is 131 Å². The number of aryl methyl sites for hydroxylation is 1. The quantitative estimate of drug-likeness (QED) is 0.850. The third-order valence-corrected chi connectivity index (χ3v) is 3.86. The lowest BCUT2D eigenvalue weighted by molar-refractivity contribution is -0.134. The van der Waals surface area contributed by atoms with Crippen molar-refractivity contribution < 1.29 is 9.90 Å². The lowest BCUT2D eigenvalue weighted by Crippen LogP contribution is -2.37. The number of rotatable bonds is 7. The molecular weight excluding hydrogens is 278 g/mol. The summed E-state index contributed by atoms with van der Waals surface area (Å²) in [4.78, 5) is 18.7. The Balaban J connectivity index is 2.19. The molecule has 0 aliphatic carbocycles. The molecule has 0 radical (unpaired) electrons. The molecule has 0 saturated carbocycles. The van der Waals surface area contributed by atoms with Crippen molar-refractivity contribution in [1.29, 1.82) is 0 Å². The molecule has 0 bridgehead atoms. The van der Waals surface area contributed by atoms with Crippen molar-refractivity contribution in [3.63, 3.8) is 0 Å². The molecule has 1 heterocycles. The maximum Gasteiger partial charge on any atom is 0.230 e. The fourth-order valence-electron chi connectivity index (χ4n) is 2.58. The van der Waals surface area contributed by atoms with Gasteiger partial charge < -0.3 is 14.6 Å². The van der Waals surface area contributed by atoms with Gasteiger partial charge in [-0.25, -0.2) is 4.98 Å². The molecule has 1 aromatic carbocycles. The lowest BCUT2D eigenvalue weighted by Gasteiger charge is -2.26. The molecule has 1 aromatic heterocycles. The molecule has 118 valence electrons. The zero-order chi connectivity index (χ0) is 15.9. The molecule has 0 fully saturated rings. The number of carbonyl (C=O) groups excluding carboxylic acids is 1. The number of aromatic nitrogens is 2. The summed E-state index contributed by atoms with van der Waals surface area (Å²) < 4.78 is 1.89. The van der Waals surface area contributed by atoms with E-state index in [1.165, 1.54) is 0 Å². The van der Waals surface area contributed by atoms with Crippen LogP contribution in [-0.2, 0) is 18.4 Å². The Kier molecular flexibility index (Phi) is 5.72. The minimum absolute atomic E-state index is 0.0453. The van der Waals surface area contributed by atoms with Crippen LogP contribution in [0, 0.1) is 0 Å². The van der Waals surface area contributed by atoms with E-state index in [2.05, 4.69) is 4.98 Å². The van der Waals surface area contributed by atoms with E-state index in [9.17, 15) is 9.90 Å². The molecule has 1 amide bonds. The monoisotopic (exact) mass is 301 g/mol. The van der Waals surface area contributed by atoms with Gasteiger partial charge in [-0.1, -0.05) is 37.3 Å². The number of aliphatic hydroxyl groups excluding tert-OH is 1. The van der Waals surface area contributed by atoms with Crippen molar-refractivity contribution in [2.45, 2.75) is 25.8 Å². The first-order valence-electron chi connectivity index (χ1n) is 7.57. The predicted molar refractivity (Wildman–Crippen MR) is 85.2 cm³/mol. The summed E-state index contributed by atoms with van der Waals surface area (Å²) in [6, 6.07) is 9.80. The van der Waals surface area contributed by atoms with E-state index in [0.29, 0.717) is 13.1 Å². The normalized spacial score (nSPS) is 12.1. The largest absolute Gasteiger partial charge is 0.395 e. The molecule has 5 heteroatoms. The third kappa shape index (κ3) is 3.74. The van der Waals surface area contributed by atoms with E-state index < -0.39 is 0 Å². The van der Waals surface area contributed by atoms with E-state index in [1.807, 2.05) is 48.9 Å². The summed E-state index contributed by atoms with van der Waals surface area (Å²) in [5, 5.41) is 9.29. The molecular formula is C17H23N3O2. The first kappa shape index (κ1) is 16.2. The van der Waals surface area contributed by atoms with Crippen LogP contribution in [0.1, 0.15) is 30.5 Å². The van der Waals surface area contributed by atoms with Gasteiger partial charge in [0.2, 0.25) is 5.91 Å². The van der Waals surface area contributed by atoms with Crippen molar-refractivity contribution in [3.05, 3.63) is 54.1 Å². The molecule has 0 aliphatic rings. The van der Waals surface area contributed by atoms with Gasteiger partial charge >= 0.3 is 0 Å². The number of aliphatic hydroxyl groups is 1. The molecule has 0 saturated heterocycles. The van der Waals surface area contributed by atoms with Gasteiger partial charge in [0, 0.05) is 19.8 Å². The average molecular weight is 301 g/mol. The highest BCUT2D eigenvalue weighted by Gasteiger charge is 2.24. The number of imidazole rings is 1. The van der Waals surface area contributed by atoms with Crippen molar-refractivity contribution in [2.75, 3.05) is 13.2 Å². The van der Waals surface area contributed by atoms with E-state index in [-0.39, 0.29) is 18.4 Å². The maximum atomic E-state index is 12.9. The zero-order valence-corrected chi connectivity index (χ0v) is 13.1. The van der Waals surface area contributed by atoms with Crippen molar-refractivity contribution in [1.82, 2.24) is 14.5 Å². The Morgan fingerprint density at radius 3 is 2.64 bits per heavy atom. The summed E-state index contributed by atoms with van der Waals surface area (Å²) in [5.74, 6) is -0.134. The molecule has 0 aliphatic heterocycles. The minimum atomic E-state index is -0.180. The standard InChI is InChI=1S/C17H23N3O2/c1-3-16(14-7-5-4-6-8-14)17(22)20(9-10-21)12-15-11-18-13-19(15)2/h4-8,11,13,16,21H,3,9-10,12H2,1-2H3. The van der Waals surface area contributed by atoms with E-state index in [4.69, 9.17) is 0 Å². The van der Waals surface area contributed by atoms with E-state index in [1.54, 1.807) is 17.4 Å². The van der Waals surface area contributed by atoms with Gasteiger partial charge in [-0.05, 0) is 12.0 Å². The molecule has 5 nitrogen and oxygen atoms in total. The maximum absolute atomic E-state index is 12.9. The van der Waals surface area contributed by atoms with Crippen LogP contribution in [0.3, 0.4) is 0 Å². The van der Waals surface area contributed by atoms with Crippen LogP contribution in [0.15, 0.2) is 42.9 Å². The first-order chi connectivity index (χ1) is 10.7. The molecule has 22 heavy (non-hydrogen) atoms. The average Bonchev–Trinajstić information content (AvgIpc) is 2.94. The van der Waals surface area contributed by atoms with Crippen LogP contribution in [0.4, 0.5) is 0 Å². The predicted octanol–water partition coefficient (Wildman–Crippen LogP) is 1.93. The van der Waals surface area contributed by atoms with Crippen LogP contribution < -0.4 is 0 Å². The molecule has 1 unspecified atom stereocenters. The zero-order valence-electron chi connectivity index (χ0n) is 13.1. The highest BCUT2D eigenvalue weighted by Crippen LogP contribution is 2.22. The Morgan fingerprint density at radius 2 is 2.09 bits per heavy atom. The minimum Gasteiger partial charge on any atom is -0.395 e. The van der Waals surface area contributed by atoms with Gasteiger partial charge in [0.15, 0.2) is 0 Å². The van der Waals surface area contributed by atoms with E-state index in [0.717, 1.165) is 17.7 Å². The summed E-state index contributed by atoms with van der Waals surface area (Å²) in [6.45, 7) is 2.75. The topological polar surface area (TPSA) is 58.4 Å². The molecule has 0 spiro atoms. The Morgan fingerprint density at radius 1 is 1.36 bits per heavy atom. The van der Waals surface area contributed by atoms with Crippen molar-refractivity contribution in [2.24, 2.45) is 7.05 Å². The first-order valence-corrected chi connectivity index (χ1v) is 7.57. The number of carbonyl (C=O) groups is 1. The molecule has 1 N–H and O–H groups in total. The van der Waals surface area contributed by atoms with Gasteiger partial charge in [-0.15, -0.1) is 0 Å². The summed E-state index contributed by atoms with van der Waals surface area (Å²) >= 11 is 0. The molecule has 2 aromatic rings. The van der Waals surface area contributed by atoms with Crippen LogP contribution >= 0.6 is 0 Å². The van der Waals surface area contributed by atoms with Gasteiger partial charge in [0.05, 0.1) is 31.1 Å². The van der Waals surface area contributed by atoms with Gasteiger partial charge in [0.1, 0.15) is 0 Å². The second-order valence-electron chi connectivity index (χ2n) is 5.35. The Hall–Kier alpha value is -2.14. The van der Waals surface area contributed by atoms with Crippen LogP contribution in [0.25, 0.3) is 0 Å². The summed E-state index contributed by atoms with van der Waals surface area (Å²) in [7, 11) is 1.90. The number of amides is 1. The highest BCUT2D eigenvalue weighted by molar-refractivity contribution is 5.83. The van der Waals surface area contributed by atoms with Crippen LogP contribution in [0.5, 0.6) is 0 Å². The molecule has 1 atom stereocenters. The smallest absolute Gasteiger partial charge is 0.230 e. The summed E-state index contributed by atoms with van der Waals surface area (Å²) in [5.41, 5.74) is 1.97. The Bertz CT molecular complexity index is 595. The SMILES string of the molecule is CCC(C(=O)N(CCO)Cc1cncn1C)c1ccccc1. The second kappa shape index (κ2) is 7.75. The van der Waals surface area contributed by atoms with Crippen molar-refractivity contribution >= 4 is 5.91 Å². The third-order valence-electron chi connectivity index (χ3n) is 3.86. The number of benzene rings is 1. The second-order valence-corrected chi connectivity index (χ2v) is 5.35. The number of nitrogens with zero attached hydrogens (tertiary/aromatic N) is 3. The fraction of sp³-hybridized carbons (Fsp3) is 0.412. The summed E-state index contributed by atoms with van der Waals surface area (Å²) in [6.07, 6.45) is 4.20. The highest BCUT2D eigenvalue weighted by atomic mass is 16.3. The van der Waals surface area contributed by atoms with Gasteiger partial charge in [-0.2, -0.15) is 0 Å². The number of hydrogen-bond acceptors (Lipinski definition) is 3. The van der Waals surface area contributed by atoms with Gasteiger partial charge in [0.25, 0.3) is 0 Å². The lowest BCUT2D eigenvalue weighted by atomic mass is 9.95. The van der Waals surface area contributed by atoms with E-state index >= 15 is 0 Å². The van der Waals surface area contributed by atoms with Crippen molar-refractivity contribution in [3.8, 4) is 0 Å². The fourth-order valence-corrected chi connectivity index (χ4v) is 2.58.